The minimum Gasteiger partial charge on any atom is -0.461 e. The Morgan fingerprint density at radius 2 is 1.89 bits per heavy atom. The number of hydrogen-bond acceptors (Lipinski definition) is 6. The summed E-state index contributed by atoms with van der Waals surface area (Å²) in [7, 11) is 0. The van der Waals surface area contributed by atoms with Gasteiger partial charge in [-0.05, 0) is 30.5 Å². The molecule has 0 spiro atoms. The molecule has 4 heterocycles. The quantitative estimate of drug-likeness (QED) is 0.518. The Morgan fingerprint density at radius 1 is 1.00 bits per heavy atom. The van der Waals surface area contributed by atoms with Gasteiger partial charge in [-0.1, -0.05) is 30.3 Å². The third-order valence-corrected chi connectivity index (χ3v) is 4.45. The van der Waals surface area contributed by atoms with E-state index in [1.165, 1.54) is 10.1 Å². The van der Waals surface area contributed by atoms with Crippen LogP contribution in [0.2, 0.25) is 0 Å². The van der Waals surface area contributed by atoms with Crippen molar-refractivity contribution in [3.63, 3.8) is 0 Å². The van der Waals surface area contributed by atoms with Crippen LogP contribution in [0.5, 0.6) is 0 Å². The van der Waals surface area contributed by atoms with Crippen LogP contribution in [0, 0.1) is 0 Å². The molecule has 0 aliphatic rings. The van der Waals surface area contributed by atoms with E-state index in [0.29, 0.717) is 28.3 Å². The normalized spacial score (nSPS) is 11.6. The highest BCUT2D eigenvalue weighted by Crippen LogP contribution is 2.22. The van der Waals surface area contributed by atoms with Crippen LogP contribution >= 0.6 is 0 Å². The maximum Gasteiger partial charge on any atom is 0.224 e. The maximum absolute atomic E-state index is 6.06. The Morgan fingerprint density at radius 3 is 2.70 bits per heavy atom. The van der Waals surface area contributed by atoms with Gasteiger partial charge in [0.25, 0.3) is 0 Å². The first kappa shape index (κ1) is 15.6. The van der Waals surface area contributed by atoms with Crippen LogP contribution in [-0.4, -0.2) is 29.4 Å². The fourth-order valence-corrected chi connectivity index (χ4v) is 3.16. The molecule has 5 rings (SSSR count). The molecule has 1 aromatic carbocycles. The second-order valence-electron chi connectivity index (χ2n) is 6.33. The lowest BCUT2D eigenvalue weighted by atomic mass is 10.1. The van der Waals surface area contributed by atoms with Gasteiger partial charge in [0, 0.05) is 6.54 Å². The molecule has 0 unspecified atom stereocenters. The Kier molecular flexibility index (Phi) is 3.60. The molecule has 27 heavy (non-hydrogen) atoms. The van der Waals surface area contributed by atoms with Gasteiger partial charge in [-0.15, -0.1) is 5.10 Å². The maximum atomic E-state index is 6.06. The first-order valence-corrected chi connectivity index (χ1v) is 8.75. The second kappa shape index (κ2) is 6.24. The zero-order chi connectivity index (χ0) is 18.2. The highest BCUT2D eigenvalue weighted by Gasteiger charge is 2.17. The summed E-state index contributed by atoms with van der Waals surface area (Å²) >= 11 is 0. The van der Waals surface area contributed by atoms with Crippen LogP contribution in [0.25, 0.3) is 28.3 Å². The number of nitrogen functional groups attached to an aromatic ring is 1. The van der Waals surface area contributed by atoms with Crippen molar-refractivity contribution >= 4 is 22.6 Å². The molecule has 2 N–H and O–H groups in total. The molecule has 134 valence electrons. The van der Waals surface area contributed by atoms with Gasteiger partial charge in [-0.25, -0.2) is 9.97 Å². The number of aromatic nitrogens is 6. The molecular formula is C19H17N7O. The summed E-state index contributed by atoms with van der Waals surface area (Å²) in [6, 6.07) is 14.0. The van der Waals surface area contributed by atoms with E-state index < -0.39 is 0 Å². The standard InChI is InChI=1S/C19H17N7O/c20-19-21-14-12-25(10-4-8-13-6-2-1-3-7-13)23-16(14)18-22-17(24-26(18)19)15-9-5-11-27-15/h1-3,5-7,9,11-12H,4,8,10H2,(H2,20,21). The third kappa shape index (κ3) is 2.80. The molecular weight excluding hydrogens is 342 g/mol. The van der Waals surface area contributed by atoms with Gasteiger partial charge in [0.1, 0.15) is 5.52 Å². The zero-order valence-corrected chi connectivity index (χ0v) is 14.5. The zero-order valence-electron chi connectivity index (χ0n) is 14.5. The molecule has 0 saturated carbocycles. The van der Waals surface area contributed by atoms with Crippen molar-refractivity contribution in [2.75, 3.05) is 5.73 Å². The van der Waals surface area contributed by atoms with E-state index in [0.717, 1.165) is 19.4 Å². The summed E-state index contributed by atoms with van der Waals surface area (Å²) in [6.45, 7) is 0.788. The monoisotopic (exact) mass is 359 g/mol. The number of nitrogens with two attached hydrogens (primary N) is 1. The largest absolute Gasteiger partial charge is 0.461 e. The lowest BCUT2D eigenvalue weighted by Gasteiger charge is -2.01. The fraction of sp³-hybridized carbons (Fsp3) is 0.158. The summed E-state index contributed by atoms with van der Waals surface area (Å²) in [6.07, 6.45) is 5.46. The van der Waals surface area contributed by atoms with Gasteiger partial charge in [0.05, 0.1) is 12.5 Å². The van der Waals surface area contributed by atoms with Crippen LogP contribution in [0.1, 0.15) is 12.0 Å². The summed E-state index contributed by atoms with van der Waals surface area (Å²) in [5.41, 5.74) is 9.33. The highest BCUT2D eigenvalue weighted by molar-refractivity contribution is 5.88. The molecule has 0 radical (unpaired) electrons. The molecule has 0 aliphatic heterocycles. The smallest absolute Gasteiger partial charge is 0.224 e. The molecule has 0 aliphatic carbocycles. The molecule has 8 heteroatoms. The number of fused-ring (bicyclic) bond motifs is 3. The van der Waals surface area contributed by atoms with Crippen LogP contribution in [0.4, 0.5) is 5.95 Å². The lowest BCUT2D eigenvalue weighted by Crippen LogP contribution is -2.02. The Labute approximate surface area is 154 Å². The van der Waals surface area contributed by atoms with Gasteiger partial charge < -0.3 is 10.2 Å². The van der Waals surface area contributed by atoms with E-state index in [1.54, 1.807) is 18.4 Å². The van der Waals surface area contributed by atoms with E-state index >= 15 is 0 Å². The van der Waals surface area contributed by atoms with Gasteiger partial charge in [-0.3, -0.25) is 4.68 Å². The Hall–Kier alpha value is -3.68. The van der Waals surface area contributed by atoms with Crippen LogP contribution < -0.4 is 5.73 Å². The molecule has 4 aromatic heterocycles. The topological polar surface area (TPSA) is 100 Å². The predicted octanol–water partition coefficient (Wildman–Crippen LogP) is 2.95. The van der Waals surface area contributed by atoms with Crippen LogP contribution in [-0.2, 0) is 13.0 Å². The average Bonchev–Trinajstić information content (AvgIpc) is 3.41. The number of benzene rings is 1. The minimum atomic E-state index is 0.270. The number of furan rings is 1. The van der Waals surface area contributed by atoms with Crippen LogP contribution in [0.15, 0.2) is 59.3 Å². The first-order chi connectivity index (χ1) is 13.3. The molecule has 0 saturated heterocycles. The molecule has 0 amide bonds. The van der Waals surface area contributed by atoms with Crippen molar-refractivity contribution in [1.82, 2.24) is 29.4 Å². The average molecular weight is 359 g/mol. The lowest BCUT2D eigenvalue weighted by molar-refractivity contribution is 0.577. The van der Waals surface area contributed by atoms with E-state index in [1.807, 2.05) is 16.9 Å². The minimum absolute atomic E-state index is 0.270. The van der Waals surface area contributed by atoms with Crippen molar-refractivity contribution < 1.29 is 4.42 Å². The SMILES string of the molecule is Nc1nc2cn(CCCc3ccccc3)nc2c2nc(-c3ccco3)nn12. The van der Waals surface area contributed by atoms with E-state index in [4.69, 9.17) is 10.2 Å². The van der Waals surface area contributed by atoms with Crippen LogP contribution in [0.3, 0.4) is 0 Å². The fourth-order valence-electron chi connectivity index (χ4n) is 3.16. The van der Waals surface area contributed by atoms with E-state index in [2.05, 4.69) is 44.4 Å². The van der Waals surface area contributed by atoms with Crippen molar-refractivity contribution in [3.05, 3.63) is 60.5 Å². The Bertz CT molecular complexity index is 1210. The predicted molar refractivity (Wildman–Crippen MR) is 101 cm³/mol. The van der Waals surface area contributed by atoms with Crippen molar-refractivity contribution in [1.29, 1.82) is 0 Å². The number of nitrogens with zero attached hydrogens (tertiary/aromatic N) is 6. The molecule has 0 atom stereocenters. The molecule has 0 fully saturated rings. The van der Waals surface area contributed by atoms with E-state index in [-0.39, 0.29) is 5.95 Å². The van der Waals surface area contributed by atoms with Gasteiger partial charge in [0.15, 0.2) is 16.9 Å². The molecule has 5 aromatic rings. The molecule has 0 bridgehead atoms. The summed E-state index contributed by atoms with van der Waals surface area (Å²) in [4.78, 5) is 8.96. The molecule has 8 nitrogen and oxygen atoms in total. The second-order valence-corrected chi connectivity index (χ2v) is 6.33. The van der Waals surface area contributed by atoms with Crippen molar-refractivity contribution in [3.8, 4) is 11.6 Å². The first-order valence-electron chi connectivity index (χ1n) is 8.75. The Balaban J connectivity index is 1.46. The van der Waals surface area contributed by atoms with Crippen molar-refractivity contribution in [2.45, 2.75) is 19.4 Å². The summed E-state index contributed by atoms with van der Waals surface area (Å²) < 4.78 is 8.77. The summed E-state index contributed by atoms with van der Waals surface area (Å²) in [5, 5.41) is 9.04. The number of hydrogen-bond donors (Lipinski definition) is 1. The highest BCUT2D eigenvalue weighted by atomic mass is 16.3. The number of rotatable bonds is 5. The van der Waals surface area contributed by atoms with Crippen molar-refractivity contribution in [2.24, 2.45) is 0 Å². The van der Waals surface area contributed by atoms with Gasteiger partial charge in [0.2, 0.25) is 11.8 Å². The van der Waals surface area contributed by atoms with Gasteiger partial charge >= 0.3 is 0 Å². The summed E-state index contributed by atoms with van der Waals surface area (Å²) in [5.74, 6) is 1.31. The third-order valence-electron chi connectivity index (χ3n) is 4.45. The number of anilines is 1. The van der Waals surface area contributed by atoms with Gasteiger partial charge in [-0.2, -0.15) is 9.61 Å². The van der Waals surface area contributed by atoms with E-state index in [9.17, 15) is 0 Å². The number of aryl methyl sites for hydroxylation is 2.